The second-order valence-electron chi connectivity index (χ2n) is 4.66. The van der Waals surface area contributed by atoms with Crippen molar-refractivity contribution in [2.45, 2.75) is 41.0 Å². The highest BCUT2D eigenvalue weighted by Gasteiger charge is 2.08. The van der Waals surface area contributed by atoms with Crippen molar-refractivity contribution in [3.8, 4) is 5.88 Å². The molecule has 1 heterocycles. The van der Waals surface area contributed by atoms with Crippen molar-refractivity contribution < 1.29 is 9.47 Å². The molecule has 23 heavy (non-hydrogen) atoms. The van der Waals surface area contributed by atoms with Crippen molar-refractivity contribution in [2.75, 3.05) is 33.4 Å². The molecule has 0 fully saturated rings. The van der Waals surface area contributed by atoms with E-state index in [9.17, 15) is 0 Å². The number of aromatic nitrogens is 1. The number of ether oxygens (including phenoxy) is 2. The van der Waals surface area contributed by atoms with Gasteiger partial charge in [-0.05, 0) is 42.3 Å². The molecule has 0 bridgehead atoms. The van der Waals surface area contributed by atoms with E-state index in [0.717, 1.165) is 35.4 Å². The molecule has 132 valence electrons. The molecule has 0 N–H and O–H groups in total. The standard InChI is InChI=1S/C15H24BrN3O2.C2H6/c1-5-7-20-8-9-21-15-13(16)10-14(12(3)18-15)17-11-19(4)6-2;1-2/h10-11H,5-9H2,1-4H3;1-2H3. The molecule has 6 heteroatoms. The number of aryl methyl sites for hydroxylation is 1. The zero-order chi connectivity index (χ0) is 17.7. The zero-order valence-corrected chi connectivity index (χ0v) is 16.8. The molecule has 1 rings (SSSR count). The van der Waals surface area contributed by atoms with E-state index >= 15 is 0 Å². The Morgan fingerprint density at radius 2 is 1.96 bits per heavy atom. The van der Waals surface area contributed by atoms with Gasteiger partial charge in [-0.25, -0.2) is 9.98 Å². The molecule has 0 aliphatic heterocycles. The van der Waals surface area contributed by atoms with Gasteiger partial charge in [-0.2, -0.15) is 0 Å². The van der Waals surface area contributed by atoms with E-state index in [1.165, 1.54) is 0 Å². The first-order chi connectivity index (χ1) is 11.1. The third kappa shape index (κ3) is 8.91. The summed E-state index contributed by atoms with van der Waals surface area (Å²) in [4.78, 5) is 10.9. The van der Waals surface area contributed by atoms with Crippen LogP contribution in [0.15, 0.2) is 15.5 Å². The Kier molecular flexibility index (Phi) is 12.7. The Morgan fingerprint density at radius 1 is 1.26 bits per heavy atom. The van der Waals surface area contributed by atoms with Crippen molar-refractivity contribution in [1.82, 2.24) is 9.88 Å². The lowest BCUT2D eigenvalue weighted by atomic mass is 10.3. The molecule has 0 atom stereocenters. The third-order valence-electron chi connectivity index (χ3n) is 2.82. The monoisotopic (exact) mass is 387 g/mol. The van der Waals surface area contributed by atoms with Gasteiger partial charge in [-0.15, -0.1) is 0 Å². The number of hydrogen-bond donors (Lipinski definition) is 0. The van der Waals surface area contributed by atoms with Crippen LogP contribution < -0.4 is 4.74 Å². The summed E-state index contributed by atoms with van der Waals surface area (Å²) in [5.41, 5.74) is 1.67. The summed E-state index contributed by atoms with van der Waals surface area (Å²) >= 11 is 3.47. The largest absolute Gasteiger partial charge is 0.474 e. The van der Waals surface area contributed by atoms with Gasteiger partial charge in [0.15, 0.2) is 0 Å². The minimum Gasteiger partial charge on any atom is -0.474 e. The predicted molar refractivity (Wildman–Crippen MR) is 101 cm³/mol. The average molecular weight is 388 g/mol. The quantitative estimate of drug-likeness (QED) is 0.353. The number of nitrogens with zero attached hydrogens (tertiary/aromatic N) is 3. The summed E-state index contributed by atoms with van der Waals surface area (Å²) in [6, 6.07) is 1.92. The molecule has 0 saturated carbocycles. The lowest BCUT2D eigenvalue weighted by Gasteiger charge is -2.11. The average Bonchev–Trinajstić information content (AvgIpc) is 2.57. The van der Waals surface area contributed by atoms with Gasteiger partial charge in [0.1, 0.15) is 6.61 Å². The number of rotatable bonds is 9. The van der Waals surface area contributed by atoms with Gasteiger partial charge in [-0.1, -0.05) is 20.8 Å². The van der Waals surface area contributed by atoms with Crippen LogP contribution in [0.25, 0.3) is 0 Å². The smallest absolute Gasteiger partial charge is 0.228 e. The molecule has 0 radical (unpaired) electrons. The van der Waals surface area contributed by atoms with Gasteiger partial charge in [0.25, 0.3) is 0 Å². The summed E-state index contributed by atoms with van der Waals surface area (Å²) in [6.07, 6.45) is 2.82. The molecule has 1 aromatic heterocycles. The Morgan fingerprint density at radius 3 is 2.57 bits per heavy atom. The molecule has 0 aromatic carbocycles. The summed E-state index contributed by atoms with van der Waals surface area (Å²) in [7, 11) is 1.98. The molecule has 0 saturated heterocycles. The topological polar surface area (TPSA) is 47.0 Å². The van der Waals surface area contributed by atoms with E-state index in [1.54, 1.807) is 6.34 Å². The lowest BCUT2D eigenvalue weighted by Crippen LogP contribution is -2.14. The maximum absolute atomic E-state index is 5.62. The normalized spacial score (nSPS) is 10.4. The van der Waals surface area contributed by atoms with Crippen molar-refractivity contribution in [3.63, 3.8) is 0 Å². The zero-order valence-electron chi connectivity index (χ0n) is 15.2. The molecule has 0 amide bonds. The molecular formula is C17H30BrN3O2. The van der Waals surface area contributed by atoms with Crippen molar-refractivity contribution in [2.24, 2.45) is 4.99 Å². The van der Waals surface area contributed by atoms with Gasteiger partial charge < -0.3 is 14.4 Å². The number of halogens is 1. The first-order valence-corrected chi connectivity index (χ1v) is 8.99. The van der Waals surface area contributed by atoms with E-state index < -0.39 is 0 Å². The second-order valence-corrected chi connectivity index (χ2v) is 5.51. The molecule has 0 aliphatic rings. The number of pyridine rings is 1. The summed E-state index contributed by atoms with van der Waals surface area (Å²) in [6.45, 7) is 12.8. The Labute approximate surface area is 149 Å². The Hall–Kier alpha value is -1.14. The minimum atomic E-state index is 0.492. The highest BCUT2D eigenvalue weighted by Crippen LogP contribution is 2.29. The third-order valence-corrected chi connectivity index (χ3v) is 3.38. The number of hydrogen-bond acceptors (Lipinski definition) is 4. The predicted octanol–water partition coefficient (Wildman–Crippen LogP) is 4.60. The first-order valence-electron chi connectivity index (χ1n) is 8.20. The van der Waals surface area contributed by atoms with E-state index in [4.69, 9.17) is 9.47 Å². The van der Waals surface area contributed by atoms with Crippen LogP contribution in [0.3, 0.4) is 0 Å². The maximum Gasteiger partial charge on any atom is 0.228 e. The molecule has 0 unspecified atom stereocenters. The van der Waals surface area contributed by atoms with Gasteiger partial charge in [-0.3, -0.25) is 0 Å². The van der Waals surface area contributed by atoms with Gasteiger partial charge in [0.2, 0.25) is 5.88 Å². The fourth-order valence-electron chi connectivity index (χ4n) is 1.47. The molecular weight excluding hydrogens is 358 g/mol. The van der Waals surface area contributed by atoms with Crippen LogP contribution in [0, 0.1) is 6.92 Å². The van der Waals surface area contributed by atoms with E-state index in [2.05, 4.69) is 39.8 Å². The Balaban J connectivity index is 0.00000232. The molecule has 0 aliphatic carbocycles. The number of aliphatic imine (C=N–C) groups is 1. The molecule has 0 spiro atoms. The molecule has 5 nitrogen and oxygen atoms in total. The Bertz CT molecular complexity index is 467. The summed E-state index contributed by atoms with van der Waals surface area (Å²) < 4.78 is 11.8. The fourth-order valence-corrected chi connectivity index (χ4v) is 1.89. The lowest BCUT2D eigenvalue weighted by molar-refractivity contribution is 0.0987. The summed E-state index contributed by atoms with van der Waals surface area (Å²) in [5, 5.41) is 0. The van der Waals surface area contributed by atoms with Gasteiger partial charge in [0, 0.05) is 20.2 Å². The molecule has 1 aromatic rings. The van der Waals surface area contributed by atoms with Crippen LogP contribution in [-0.4, -0.2) is 49.6 Å². The summed E-state index contributed by atoms with van der Waals surface area (Å²) in [5.74, 6) is 0.579. The van der Waals surface area contributed by atoms with Crippen molar-refractivity contribution in [3.05, 3.63) is 16.2 Å². The van der Waals surface area contributed by atoms with Crippen LogP contribution in [0.1, 0.15) is 39.8 Å². The van der Waals surface area contributed by atoms with Gasteiger partial charge in [0.05, 0.1) is 28.8 Å². The highest BCUT2D eigenvalue weighted by molar-refractivity contribution is 9.10. The van der Waals surface area contributed by atoms with Crippen molar-refractivity contribution in [1.29, 1.82) is 0 Å². The van der Waals surface area contributed by atoms with Crippen LogP contribution in [-0.2, 0) is 4.74 Å². The maximum atomic E-state index is 5.62. The van der Waals surface area contributed by atoms with Crippen LogP contribution in [0.2, 0.25) is 0 Å². The van der Waals surface area contributed by atoms with Crippen LogP contribution in [0.5, 0.6) is 5.88 Å². The second kappa shape index (κ2) is 13.3. The minimum absolute atomic E-state index is 0.492. The van der Waals surface area contributed by atoms with Crippen LogP contribution in [0.4, 0.5) is 5.69 Å². The van der Waals surface area contributed by atoms with Crippen LogP contribution >= 0.6 is 15.9 Å². The first kappa shape index (κ1) is 21.9. The van der Waals surface area contributed by atoms with E-state index in [0.29, 0.717) is 19.1 Å². The van der Waals surface area contributed by atoms with Gasteiger partial charge >= 0.3 is 0 Å². The van der Waals surface area contributed by atoms with E-state index in [1.807, 2.05) is 38.8 Å². The fraction of sp³-hybridized carbons (Fsp3) is 0.647. The van der Waals surface area contributed by atoms with Crippen molar-refractivity contribution >= 4 is 28.0 Å². The SMILES string of the molecule is CC.CCCOCCOc1nc(C)c(N=CN(C)CC)cc1Br. The highest BCUT2D eigenvalue weighted by atomic mass is 79.9. The van der Waals surface area contributed by atoms with E-state index in [-0.39, 0.29) is 0 Å².